The monoisotopic (exact) mass is 379 g/mol. The van der Waals surface area contributed by atoms with Crippen molar-refractivity contribution in [2.75, 3.05) is 37.4 Å². The molecule has 0 radical (unpaired) electrons. The van der Waals surface area contributed by atoms with E-state index in [0.717, 1.165) is 36.6 Å². The quantitative estimate of drug-likeness (QED) is 0.748. The van der Waals surface area contributed by atoms with Crippen LogP contribution in [-0.2, 0) is 0 Å². The number of fused-ring (bicyclic) bond motifs is 1. The van der Waals surface area contributed by atoms with E-state index >= 15 is 0 Å². The number of aryl methyl sites for hydroxylation is 2. The van der Waals surface area contributed by atoms with Crippen molar-refractivity contribution in [3.8, 4) is 0 Å². The number of hydrogen-bond acceptors (Lipinski definition) is 6. The molecule has 1 fully saturated rings. The average Bonchev–Trinajstić information content (AvgIpc) is 3.27. The van der Waals surface area contributed by atoms with Gasteiger partial charge in [0.15, 0.2) is 11.3 Å². The Labute approximate surface area is 164 Å². The number of carbonyl (C=O) groups is 1. The topological polar surface area (TPSA) is 78.7 Å². The minimum Gasteiger partial charge on any atom is -0.354 e. The van der Waals surface area contributed by atoms with E-state index in [1.165, 1.54) is 0 Å². The third-order valence-electron chi connectivity index (χ3n) is 5.14. The average molecular weight is 379 g/mol. The fourth-order valence-electron chi connectivity index (χ4n) is 3.64. The Morgan fingerprint density at radius 3 is 2.79 bits per heavy atom. The standard InChI is InChI=1S/C20H25N7O/c1-13-9-14(2)22-17(10-13)23-20(28)16-11-21-18-5-6-19(24-27(16)18)26-8-7-15(12-26)25(3)4/h5-6,9-11,15H,7-8,12H2,1-4H3,(H,22,23,28)/t15-/m1/s1. The van der Waals surface area contributed by atoms with Crippen molar-refractivity contribution in [3.63, 3.8) is 0 Å². The molecular formula is C20H25N7O. The number of amides is 1. The van der Waals surface area contributed by atoms with Crippen LogP contribution in [0.3, 0.4) is 0 Å². The molecule has 1 aliphatic heterocycles. The lowest BCUT2D eigenvalue weighted by molar-refractivity contribution is 0.102. The summed E-state index contributed by atoms with van der Waals surface area (Å²) >= 11 is 0. The Morgan fingerprint density at radius 1 is 1.25 bits per heavy atom. The number of anilines is 2. The Bertz CT molecular complexity index is 1010. The molecule has 3 aromatic rings. The molecule has 0 aliphatic carbocycles. The second-order valence-electron chi connectivity index (χ2n) is 7.58. The Kier molecular flexibility index (Phi) is 4.72. The fraction of sp³-hybridized carbons (Fsp3) is 0.400. The van der Waals surface area contributed by atoms with Crippen molar-refractivity contribution in [3.05, 3.63) is 47.4 Å². The van der Waals surface area contributed by atoms with Crippen LogP contribution in [0.15, 0.2) is 30.5 Å². The van der Waals surface area contributed by atoms with Crippen LogP contribution in [0.25, 0.3) is 5.65 Å². The van der Waals surface area contributed by atoms with Gasteiger partial charge in [-0.3, -0.25) is 4.79 Å². The molecular weight excluding hydrogens is 354 g/mol. The fourth-order valence-corrected chi connectivity index (χ4v) is 3.64. The molecule has 0 aromatic carbocycles. The van der Waals surface area contributed by atoms with Crippen molar-refractivity contribution in [1.82, 2.24) is 24.5 Å². The smallest absolute Gasteiger partial charge is 0.277 e. The molecule has 8 nitrogen and oxygen atoms in total. The van der Waals surface area contributed by atoms with Gasteiger partial charge in [0.1, 0.15) is 11.6 Å². The maximum absolute atomic E-state index is 12.8. The van der Waals surface area contributed by atoms with Gasteiger partial charge in [-0.2, -0.15) is 0 Å². The number of nitrogens with zero attached hydrogens (tertiary/aromatic N) is 6. The number of aromatic nitrogens is 4. The van der Waals surface area contributed by atoms with Gasteiger partial charge in [0.2, 0.25) is 0 Å². The van der Waals surface area contributed by atoms with E-state index in [2.05, 4.69) is 44.3 Å². The summed E-state index contributed by atoms with van der Waals surface area (Å²) in [6, 6.07) is 8.19. The van der Waals surface area contributed by atoms with Crippen molar-refractivity contribution in [2.24, 2.45) is 0 Å². The normalized spacial score (nSPS) is 16.9. The molecule has 0 saturated carbocycles. The number of rotatable bonds is 4. The van der Waals surface area contributed by atoms with Crippen LogP contribution in [0.1, 0.15) is 28.2 Å². The van der Waals surface area contributed by atoms with Gasteiger partial charge < -0.3 is 15.1 Å². The van der Waals surface area contributed by atoms with Crippen LogP contribution in [-0.4, -0.2) is 63.6 Å². The van der Waals surface area contributed by atoms with Crippen LogP contribution in [0.2, 0.25) is 0 Å². The summed E-state index contributed by atoms with van der Waals surface area (Å²) in [5, 5.41) is 7.55. The molecule has 3 aromatic heterocycles. The van der Waals surface area contributed by atoms with Crippen LogP contribution in [0.4, 0.5) is 11.6 Å². The first-order valence-corrected chi connectivity index (χ1v) is 9.43. The Hall–Kier alpha value is -3.00. The maximum Gasteiger partial charge on any atom is 0.277 e. The molecule has 1 N–H and O–H groups in total. The largest absolute Gasteiger partial charge is 0.354 e. The van der Waals surface area contributed by atoms with Crippen LogP contribution in [0.5, 0.6) is 0 Å². The van der Waals surface area contributed by atoms with Gasteiger partial charge in [0, 0.05) is 24.8 Å². The molecule has 4 heterocycles. The summed E-state index contributed by atoms with van der Waals surface area (Å²) in [4.78, 5) is 26.0. The third kappa shape index (κ3) is 3.55. The lowest BCUT2D eigenvalue weighted by Crippen LogP contribution is -2.32. The summed E-state index contributed by atoms with van der Waals surface area (Å²) < 4.78 is 1.61. The number of hydrogen-bond donors (Lipinski definition) is 1. The number of pyridine rings is 1. The molecule has 0 bridgehead atoms. The molecule has 8 heteroatoms. The molecule has 146 valence electrons. The Morgan fingerprint density at radius 2 is 2.07 bits per heavy atom. The van der Waals surface area contributed by atoms with E-state index in [1.807, 2.05) is 38.1 Å². The number of carbonyl (C=O) groups excluding carboxylic acids is 1. The summed E-state index contributed by atoms with van der Waals surface area (Å²) in [5.74, 6) is 1.11. The highest BCUT2D eigenvalue weighted by Gasteiger charge is 2.25. The molecule has 1 saturated heterocycles. The van der Waals surface area contributed by atoms with E-state index in [4.69, 9.17) is 0 Å². The van der Waals surface area contributed by atoms with Crippen molar-refractivity contribution >= 4 is 23.2 Å². The molecule has 0 unspecified atom stereocenters. The zero-order valence-electron chi connectivity index (χ0n) is 16.7. The van der Waals surface area contributed by atoms with Crippen LogP contribution in [0, 0.1) is 13.8 Å². The van der Waals surface area contributed by atoms with Crippen LogP contribution >= 0.6 is 0 Å². The van der Waals surface area contributed by atoms with E-state index in [9.17, 15) is 4.79 Å². The summed E-state index contributed by atoms with van der Waals surface area (Å²) in [6.07, 6.45) is 2.65. The lowest BCUT2D eigenvalue weighted by atomic mass is 10.2. The van der Waals surface area contributed by atoms with Gasteiger partial charge in [0.25, 0.3) is 5.91 Å². The summed E-state index contributed by atoms with van der Waals surface area (Å²) in [5.41, 5.74) is 2.94. The van der Waals surface area contributed by atoms with Gasteiger partial charge in [-0.1, -0.05) is 0 Å². The van der Waals surface area contributed by atoms with E-state index < -0.39 is 0 Å². The predicted octanol–water partition coefficient (Wildman–Crippen LogP) is 2.13. The molecule has 4 rings (SSSR count). The van der Waals surface area contributed by atoms with Gasteiger partial charge in [0.05, 0.1) is 6.20 Å². The highest BCUT2D eigenvalue weighted by molar-refractivity contribution is 6.02. The summed E-state index contributed by atoms with van der Waals surface area (Å²) in [6.45, 7) is 5.75. The first kappa shape index (κ1) is 18.4. The van der Waals surface area contributed by atoms with Crippen LogP contribution < -0.4 is 10.2 Å². The second kappa shape index (κ2) is 7.20. The zero-order chi connectivity index (χ0) is 19.8. The first-order valence-electron chi connectivity index (χ1n) is 9.43. The molecule has 28 heavy (non-hydrogen) atoms. The maximum atomic E-state index is 12.8. The van der Waals surface area contributed by atoms with E-state index in [0.29, 0.717) is 23.2 Å². The van der Waals surface area contributed by atoms with Gasteiger partial charge >= 0.3 is 0 Å². The van der Waals surface area contributed by atoms with Crippen molar-refractivity contribution < 1.29 is 4.79 Å². The van der Waals surface area contributed by atoms with E-state index in [1.54, 1.807) is 10.7 Å². The zero-order valence-corrected chi connectivity index (χ0v) is 16.7. The second-order valence-corrected chi connectivity index (χ2v) is 7.58. The summed E-state index contributed by atoms with van der Waals surface area (Å²) in [7, 11) is 4.20. The SMILES string of the molecule is Cc1cc(C)nc(NC(=O)c2cnc3ccc(N4CC[C@@H](N(C)C)C4)nn23)c1. The first-order chi connectivity index (χ1) is 13.4. The lowest BCUT2D eigenvalue weighted by Gasteiger charge is -2.21. The molecule has 1 amide bonds. The van der Waals surface area contributed by atoms with Crippen molar-refractivity contribution in [1.29, 1.82) is 0 Å². The highest BCUT2D eigenvalue weighted by atomic mass is 16.2. The third-order valence-corrected chi connectivity index (χ3v) is 5.14. The molecule has 1 atom stereocenters. The molecule has 0 spiro atoms. The minimum absolute atomic E-state index is 0.276. The van der Waals surface area contributed by atoms with Gasteiger partial charge in [-0.15, -0.1) is 5.10 Å². The van der Waals surface area contributed by atoms with Gasteiger partial charge in [-0.25, -0.2) is 14.5 Å². The predicted molar refractivity (Wildman–Crippen MR) is 109 cm³/mol. The molecule has 1 aliphatic rings. The van der Waals surface area contributed by atoms with Gasteiger partial charge in [-0.05, 0) is 64.2 Å². The highest BCUT2D eigenvalue weighted by Crippen LogP contribution is 2.21. The number of imidazole rings is 1. The van der Waals surface area contributed by atoms with E-state index in [-0.39, 0.29) is 5.91 Å². The number of likely N-dealkylation sites (N-methyl/N-ethyl adjacent to an activating group) is 1. The minimum atomic E-state index is -0.276. The number of nitrogens with one attached hydrogen (secondary N) is 1. The van der Waals surface area contributed by atoms with Crippen molar-refractivity contribution in [2.45, 2.75) is 26.3 Å². The Balaban J connectivity index is 1.60.